The van der Waals surface area contributed by atoms with Gasteiger partial charge in [-0.05, 0) is 19.1 Å². The average molecular weight is 363 g/mol. The van der Waals surface area contributed by atoms with Gasteiger partial charge in [0, 0.05) is 5.56 Å². The highest BCUT2D eigenvalue weighted by molar-refractivity contribution is 7.15. The van der Waals surface area contributed by atoms with Gasteiger partial charge in [0.25, 0.3) is 0 Å². The molecule has 0 fully saturated rings. The highest BCUT2D eigenvalue weighted by Gasteiger charge is 2.11. The second-order valence-corrected chi connectivity index (χ2v) is 5.62. The fraction of sp³-hybridized carbons (Fsp3) is 0.267. The first-order chi connectivity index (χ1) is 12.1. The predicted molar refractivity (Wildman–Crippen MR) is 93.0 cm³/mol. The Balaban J connectivity index is 1.85. The Kier molecular flexibility index (Phi) is 6.84. The molecule has 10 heteroatoms. The van der Waals surface area contributed by atoms with Crippen LogP contribution in [0.15, 0.2) is 29.4 Å². The molecule has 0 spiro atoms. The molecule has 2 amide bonds. The van der Waals surface area contributed by atoms with Crippen molar-refractivity contribution >= 4 is 34.7 Å². The SMILES string of the molecule is CCOC(=O)Nc1nnc(CC(=O)NN=Cc2ccccc2OC)s1. The van der Waals surface area contributed by atoms with Gasteiger partial charge in [-0.2, -0.15) is 5.10 Å². The number of nitrogens with zero attached hydrogens (tertiary/aromatic N) is 3. The molecule has 2 aromatic rings. The summed E-state index contributed by atoms with van der Waals surface area (Å²) in [6.45, 7) is 1.95. The van der Waals surface area contributed by atoms with E-state index >= 15 is 0 Å². The second kappa shape index (κ2) is 9.33. The van der Waals surface area contributed by atoms with Gasteiger partial charge in [-0.1, -0.05) is 23.5 Å². The first-order valence-corrected chi connectivity index (χ1v) is 8.15. The smallest absolute Gasteiger partial charge is 0.413 e. The third kappa shape index (κ3) is 5.84. The first-order valence-electron chi connectivity index (χ1n) is 7.33. The fourth-order valence-electron chi connectivity index (χ4n) is 1.75. The molecule has 0 aliphatic rings. The van der Waals surface area contributed by atoms with E-state index < -0.39 is 6.09 Å². The second-order valence-electron chi connectivity index (χ2n) is 4.56. The molecule has 1 aromatic heterocycles. The summed E-state index contributed by atoms with van der Waals surface area (Å²) in [4.78, 5) is 23.1. The molecule has 0 aliphatic heterocycles. The van der Waals surface area contributed by atoms with E-state index in [0.29, 0.717) is 10.8 Å². The van der Waals surface area contributed by atoms with E-state index in [2.05, 4.69) is 26.0 Å². The van der Waals surface area contributed by atoms with Gasteiger partial charge >= 0.3 is 6.09 Å². The van der Waals surface area contributed by atoms with Crippen LogP contribution in [0.3, 0.4) is 0 Å². The largest absolute Gasteiger partial charge is 0.496 e. The van der Waals surface area contributed by atoms with Crippen molar-refractivity contribution in [2.45, 2.75) is 13.3 Å². The zero-order valence-corrected chi connectivity index (χ0v) is 14.5. The van der Waals surface area contributed by atoms with Crippen molar-refractivity contribution < 1.29 is 19.1 Å². The van der Waals surface area contributed by atoms with Crippen molar-refractivity contribution in [1.29, 1.82) is 0 Å². The lowest BCUT2D eigenvalue weighted by Gasteiger charge is -2.02. The zero-order valence-electron chi connectivity index (χ0n) is 13.7. The van der Waals surface area contributed by atoms with Crippen LogP contribution in [0.5, 0.6) is 5.75 Å². The van der Waals surface area contributed by atoms with E-state index in [4.69, 9.17) is 9.47 Å². The molecule has 0 aliphatic carbocycles. The van der Waals surface area contributed by atoms with Gasteiger partial charge in [-0.15, -0.1) is 10.2 Å². The van der Waals surface area contributed by atoms with Gasteiger partial charge in [-0.25, -0.2) is 10.2 Å². The summed E-state index contributed by atoms with van der Waals surface area (Å²) >= 11 is 1.08. The van der Waals surface area contributed by atoms with Crippen molar-refractivity contribution in [2.75, 3.05) is 19.0 Å². The minimum Gasteiger partial charge on any atom is -0.496 e. The predicted octanol–water partition coefficient (Wildman–Crippen LogP) is 1.81. The molecule has 2 rings (SSSR count). The van der Waals surface area contributed by atoms with E-state index in [1.165, 1.54) is 6.21 Å². The average Bonchev–Trinajstić information content (AvgIpc) is 3.02. The number of methoxy groups -OCH3 is 1. The Morgan fingerprint density at radius 1 is 1.32 bits per heavy atom. The first kappa shape index (κ1) is 18.3. The van der Waals surface area contributed by atoms with Gasteiger partial charge in [0.15, 0.2) is 0 Å². The lowest BCUT2D eigenvalue weighted by Crippen LogP contribution is -2.19. The molecular formula is C15H17N5O4S. The summed E-state index contributed by atoms with van der Waals surface area (Å²) < 4.78 is 9.92. The van der Waals surface area contributed by atoms with Gasteiger partial charge in [0.1, 0.15) is 10.8 Å². The van der Waals surface area contributed by atoms with E-state index in [0.717, 1.165) is 16.9 Å². The summed E-state index contributed by atoms with van der Waals surface area (Å²) in [6.07, 6.45) is 0.867. The number of para-hydroxylation sites is 1. The molecule has 0 unspecified atom stereocenters. The topological polar surface area (TPSA) is 115 Å². The van der Waals surface area contributed by atoms with Crippen LogP contribution in [-0.4, -0.2) is 42.1 Å². The Labute approximate surface area is 148 Å². The number of anilines is 1. The third-order valence-electron chi connectivity index (χ3n) is 2.79. The number of aromatic nitrogens is 2. The summed E-state index contributed by atoms with van der Waals surface area (Å²) in [7, 11) is 1.56. The Morgan fingerprint density at radius 2 is 2.12 bits per heavy atom. The number of nitrogens with one attached hydrogen (secondary N) is 2. The Morgan fingerprint density at radius 3 is 2.88 bits per heavy atom. The number of carbonyl (C=O) groups is 2. The molecule has 132 valence electrons. The van der Waals surface area contributed by atoms with Crippen molar-refractivity contribution in [3.05, 3.63) is 34.8 Å². The normalized spacial score (nSPS) is 10.5. The van der Waals surface area contributed by atoms with Gasteiger partial charge in [0.2, 0.25) is 11.0 Å². The van der Waals surface area contributed by atoms with Gasteiger partial charge < -0.3 is 9.47 Å². The monoisotopic (exact) mass is 363 g/mol. The molecule has 0 saturated heterocycles. The summed E-state index contributed by atoms with van der Waals surface area (Å²) in [5, 5.41) is 14.6. The molecule has 0 bridgehead atoms. The Bertz CT molecular complexity index is 762. The molecule has 1 heterocycles. The van der Waals surface area contributed by atoms with Gasteiger partial charge in [0.05, 0.1) is 26.4 Å². The minimum absolute atomic E-state index is 0.00850. The molecule has 0 radical (unpaired) electrons. The standard InChI is InChI=1S/C15H17N5O4S/c1-3-24-15(22)17-14-20-19-13(25-14)8-12(21)18-16-9-10-6-4-5-7-11(10)23-2/h4-7,9H,3,8H2,1-2H3,(H,18,21)(H,17,20,22). The molecular weight excluding hydrogens is 346 g/mol. The van der Waals surface area contributed by atoms with E-state index in [9.17, 15) is 9.59 Å². The number of rotatable bonds is 7. The van der Waals surface area contributed by atoms with Crippen molar-refractivity contribution in [1.82, 2.24) is 15.6 Å². The number of hydrogen-bond acceptors (Lipinski definition) is 8. The number of amides is 2. The fourth-order valence-corrected chi connectivity index (χ4v) is 2.48. The van der Waals surface area contributed by atoms with Crippen molar-refractivity contribution in [3.63, 3.8) is 0 Å². The van der Waals surface area contributed by atoms with Crippen LogP contribution in [0.25, 0.3) is 0 Å². The molecule has 1 aromatic carbocycles. The number of ether oxygens (including phenoxy) is 2. The molecule has 25 heavy (non-hydrogen) atoms. The molecule has 0 saturated carbocycles. The van der Waals surface area contributed by atoms with Crippen LogP contribution in [-0.2, 0) is 16.0 Å². The third-order valence-corrected chi connectivity index (χ3v) is 3.63. The maximum Gasteiger partial charge on any atom is 0.413 e. The maximum atomic E-state index is 11.9. The minimum atomic E-state index is -0.615. The lowest BCUT2D eigenvalue weighted by atomic mass is 10.2. The van der Waals surface area contributed by atoms with Crippen LogP contribution in [0.2, 0.25) is 0 Å². The van der Waals surface area contributed by atoms with Crippen molar-refractivity contribution in [2.24, 2.45) is 5.10 Å². The van der Waals surface area contributed by atoms with Crippen LogP contribution in [0.1, 0.15) is 17.5 Å². The number of carbonyl (C=O) groups excluding carboxylic acids is 2. The molecule has 0 atom stereocenters. The molecule has 9 nitrogen and oxygen atoms in total. The lowest BCUT2D eigenvalue weighted by molar-refractivity contribution is -0.120. The number of benzene rings is 1. The van der Waals surface area contributed by atoms with E-state index in [1.807, 2.05) is 18.2 Å². The summed E-state index contributed by atoms with van der Waals surface area (Å²) in [6, 6.07) is 7.28. The van der Waals surface area contributed by atoms with Crippen molar-refractivity contribution in [3.8, 4) is 5.75 Å². The summed E-state index contributed by atoms with van der Waals surface area (Å²) in [5.41, 5.74) is 3.14. The van der Waals surface area contributed by atoms with Crippen LogP contribution in [0, 0.1) is 0 Å². The highest BCUT2D eigenvalue weighted by Crippen LogP contribution is 2.16. The van der Waals surface area contributed by atoms with E-state index in [-0.39, 0.29) is 24.1 Å². The number of hydrazone groups is 1. The quantitative estimate of drug-likeness (QED) is 0.573. The zero-order chi connectivity index (χ0) is 18.1. The van der Waals surface area contributed by atoms with Crippen LogP contribution in [0.4, 0.5) is 9.93 Å². The number of hydrogen-bond donors (Lipinski definition) is 2. The van der Waals surface area contributed by atoms with Gasteiger partial charge in [-0.3, -0.25) is 10.1 Å². The van der Waals surface area contributed by atoms with Crippen LogP contribution >= 0.6 is 11.3 Å². The Hall–Kier alpha value is -3.01. The molecule has 2 N–H and O–H groups in total. The maximum absolute atomic E-state index is 11.9. The highest BCUT2D eigenvalue weighted by atomic mass is 32.1. The van der Waals surface area contributed by atoms with Crippen LogP contribution < -0.4 is 15.5 Å². The van der Waals surface area contributed by atoms with E-state index in [1.54, 1.807) is 20.1 Å². The summed E-state index contributed by atoms with van der Waals surface area (Å²) in [5.74, 6) is 0.296.